The van der Waals surface area contributed by atoms with E-state index in [1.807, 2.05) is 0 Å². The number of aliphatic hydroxyl groups is 1. The fraction of sp³-hybridized carbons (Fsp3) is 0.417. The Morgan fingerprint density at radius 2 is 1.87 bits per heavy atom. The molecule has 0 radical (unpaired) electrons. The summed E-state index contributed by atoms with van der Waals surface area (Å²) < 4.78 is 66.1. The smallest absolute Gasteiger partial charge is 0.427 e. The molecular formula is C24H26F4N6O4. The molecule has 0 bridgehead atoms. The first-order chi connectivity index (χ1) is 17.8. The van der Waals surface area contributed by atoms with E-state index in [4.69, 9.17) is 9.47 Å². The number of nitrogens with zero attached hydrogens (tertiary/aromatic N) is 4. The molecule has 4 rings (SSSR count). The van der Waals surface area contributed by atoms with Crippen LogP contribution in [0.25, 0.3) is 16.9 Å². The largest absolute Gasteiger partial charge is 0.478 e. The van der Waals surface area contributed by atoms with Gasteiger partial charge in [-0.3, -0.25) is 10.1 Å². The zero-order valence-electron chi connectivity index (χ0n) is 20.9. The summed E-state index contributed by atoms with van der Waals surface area (Å²) in [6.07, 6.45) is -2.80. The monoisotopic (exact) mass is 538 g/mol. The summed E-state index contributed by atoms with van der Waals surface area (Å²) in [5, 5.41) is 19.8. The maximum Gasteiger partial charge on any atom is 0.427 e. The van der Waals surface area contributed by atoms with Gasteiger partial charge in [0.15, 0.2) is 11.4 Å². The number of carbonyl (C=O) groups is 1. The maximum absolute atomic E-state index is 14.6. The van der Waals surface area contributed by atoms with Crippen molar-refractivity contribution in [3.63, 3.8) is 0 Å². The van der Waals surface area contributed by atoms with Crippen molar-refractivity contribution in [1.29, 1.82) is 0 Å². The number of amides is 1. The number of aromatic nitrogens is 4. The minimum absolute atomic E-state index is 0.0769. The summed E-state index contributed by atoms with van der Waals surface area (Å²) in [7, 11) is 1.38. The van der Waals surface area contributed by atoms with Gasteiger partial charge in [-0.05, 0) is 26.0 Å². The lowest BCUT2D eigenvalue weighted by molar-refractivity contribution is -0.234. The van der Waals surface area contributed by atoms with E-state index >= 15 is 0 Å². The molecule has 1 aliphatic heterocycles. The molecule has 1 amide bonds. The van der Waals surface area contributed by atoms with Gasteiger partial charge in [0, 0.05) is 30.2 Å². The second-order valence-corrected chi connectivity index (χ2v) is 9.35. The van der Waals surface area contributed by atoms with Crippen LogP contribution in [0.5, 0.6) is 11.8 Å². The molecule has 1 saturated heterocycles. The third-order valence-electron chi connectivity index (χ3n) is 6.24. The van der Waals surface area contributed by atoms with Crippen LogP contribution in [0.2, 0.25) is 0 Å². The molecule has 38 heavy (non-hydrogen) atoms. The molecule has 3 aromatic rings. The third-order valence-corrected chi connectivity index (χ3v) is 6.24. The van der Waals surface area contributed by atoms with Crippen LogP contribution in [0.4, 0.5) is 23.4 Å². The number of carbonyl (C=O) groups excluding carboxylic acids is 1. The third kappa shape index (κ3) is 5.55. The Morgan fingerprint density at radius 3 is 2.45 bits per heavy atom. The van der Waals surface area contributed by atoms with Gasteiger partial charge in [-0.2, -0.15) is 13.2 Å². The van der Waals surface area contributed by atoms with E-state index in [2.05, 4.69) is 25.7 Å². The number of hydrogen-bond donors (Lipinski definition) is 3. The van der Waals surface area contributed by atoms with E-state index in [-0.39, 0.29) is 41.3 Å². The molecule has 0 aliphatic carbocycles. The van der Waals surface area contributed by atoms with E-state index in [0.717, 1.165) is 26.0 Å². The molecule has 3 atom stereocenters. The molecule has 0 saturated carbocycles. The number of aliphatic hydroxyl groups excluding tert-OH is 1. The minimum atomic E-state index is -4.71. The molecule has 10 nitrogen and oxygen atoms in total. The van der Waals surface area contributed by atoms with E-state index in [1.54, 1.807) is 6.92 Å². The van der Waals surface area contributed by atoms with Crippen LogP contribution in [0, 0.1) is 17.7 Å². The summed E-state index contributed by atoms with van der Waals surface area (Å²) in [6, 6.07) is 4.68. The molecule has 1 fully saturated rings. The van der Waals surface area contributed by atoms with E-state index in [9.17, 15) is 27.5 Å². The molecular weight excluding hydrogens is 512 g/mol. The van der Waals surface area contributed by atoms with Crippen LogP contribution < -0.4 is 20.1 Å². The highest BCUT2D eigenvalue weighted by atomic mass is 19.4. The van der Waals surface area contributed by atoms with Gasteiger partial charge < -0.3 is 19.9 Å². The van der Waals surface area contributed by atoms with Crippen molar-refractivity contribution >= 4 is 11.7 Å². The predicted octanol–water partition coefficient (Wildman–Crippen LogP) is 3.31. The Hall–Kier alpha value is -3.78. The Kier molecular flexibility index (Phi) is 7.30. The molecule has 14 heteroatoms. The first kappa shape index (κ1) is 27.3. The molecule has 3 heterocycles. The van der Waals surface area contributed by atoms with Crippen LogP contribution in [0.15, 0.2) is 36.7 Å². The lowest BCUT2D eigenvalue weighted by atomic mass is 9.96. The quantitative estimate of drug-likeness (QED) is 0.392. The van der Waals surface area contributed by atoms with Crippen molar-refractivity contribution in [3.05, 3.63) is 42.5 Å². The number of anilines is 1. The average Bonchev–Trinajstić information content (AvgIpc) is 3.41. The normalized spacial score (nSPS) is 19.9. The Morgan fingerprint density at radius 1 is 1.18 bits per heavy atom. The molecule has 2 aromatic heterocycles. The van der Waals surface area contributed by atoms with Gasteiger partial charge in [-0.1, -0.05) is 6.92 Å². The highest BCUT2D eigenvalue weighted by Crippen LogP contribution is 2.36. The minimum Gasteiger partial charge on any atom is -0.478 e. The molecule has 1 aromatic carbocycles. The number of benzene rings is 1. The molecule has 204 valence electrons. The van der Waals surface area contributed by atoms with Gasteiger partial charge in [-0.15, -0.1) is 5.10 Å². The highest BCUT2D eigenvalue weighted by Gasteiger charge is 2.50. The second-order valence-electron chi connectivity index (χ2n) is 9.35. The van der Waals surface area contributed by atoms with Crippen molar-refractivity contribution in [2.75, 3.05) is 19.0 Å². The SMILES string of the molecule is COc1ncc(-n2nc(NC(=O)[C@H]3CNC(O)[C@@H]3C)cc2-c2cc(F)cc(OC(C)(C)C(F)(F)F)c2)cn1. The predicted molar refractivity (Wildman–Crippen MR) is 127 cm³/mol. The van der Waals surface area contributed by atoms with Crippen molar-refractivity contribution in [2.45, 2.75) is 38.8 Å². The number of alkyl halides is 3. The Bertz CT molecular complexity index is 1310. The summed E-state index contributed by atoms with van der Waals surface area (Å²) in [4.78, 5) is 20.9. The van der Waals surface area contributed by atoms with Crippen LogP contribution in [-0.4, -0.2) is 62.4 Å². The fourth-order valence-corrected chi connectivity index (χ4v) is 3.88. The summed E-state index contributed by atoms with van der Waals surface area (Å²) >= 11 is 0. The van der Waals surface area contributed by atoms with E-state index in [1.165, 1.54) is 36.3 Å². The number of halogens is 4. The summed E-state index contributed by atoms with van der Waals surface area (Å²) in [6.45, 7) is 3.65. The maximum atomic E-state index is 14.6. The molecule has 1 unspecified atom stereocenters. The standard InChI is InChI=1S/C24H26F4N6O4/c1-12-17(11-29-20(12)35)21(36)32-19-8-18(34(33-19)15-9-30-22(37-4)31-10-15)13-5-14(25)7-16(6-13)38-23(2,3)24(26,27)28/h5-10,12,17,20,29,35H,11H2,1-4H3,(H,32,33,36)/t12-,17+,20?/m1/s1. The number of hydrogen-bond acceptors (Lipinski definition) is 8. The van der Waals surface area contributed by atoms with Crippen LogP contribution in [-0.2, 0) is 4.79 Å². The van der Waals surface area contributed by atoms with Crippen LogP contribution >= 0.6 is 0 Å². The van der Waals surface area contributed by atoms with Gasteiger partial charge in [0.2, 0.25) is 5.91 Å². The van der Waals surface area contributed by atoms with Crippen LogP contribution in [0.3, 0.4) is 0 Å². The number of ether oxygens (including phenoxy) is 2. The highest BCUT2D eigenvalue weighted by molar-refractivity contribution is 5.93. The average molecular weight is 539 g/mol. The van der Waals surface area contributed by atoms with Gasteiger partial charge >= 0.3 is 12.2 Å². The summed E-state index contributed by atoms with van der Waals surface area (Å²) in [5.41, 5.74) is -1.96. The first-order valence-corrected chi connectivity index (χ1v) is 11.5. The van der Waals surface area contributed by atoms with Gasteiger partial charge in [0.1, 0.15) is 23.5 Å². The molecule has 3 N–H and O–H groups in total. The fourth-order valence-electron chi connectivity index (χ4n) is 3.88. The van der Waals surface area contributed by atoms with Gasteiger partial charge in [0.05, 0.1) is 31.1 Å². The van der Waals surface area contributed by atoms with Gasteiger partial charge in [0.25, 0.3) is 0 Å². The zero-order valence-corrected chi connectivity index (χ0v) is 20.9. The van der Waals surface area contributed by atoms with Gasteiger partial charge in [-0.25, -0.2) is 19.0 Å². The van der Waals surface area contributed by atoms with E-state index < -0.39 is 35.6 Å². The van der Waals surface area contributed by atoms with Crippen molar-refractivity contribution < 1.29 is 36.9 Å². The molecule has 0 spiro atoms. The van der Waals surface area contributed by atoms with Crippen molar-refractivity contribution in [1.82, 2.24) is 25.1 Å². The number of methoxy groups -OCH3 is 1. The van der Waals surface area contributed by atoms with Crippen molar-refractivity contribution in [2.24, 2.45) is 11.8 Å². The lowest BCUT2D eigenvalue weighted by Gasteiger charge is -2.29. The first-order valence-electron chi connectivity index (χ1n) is 11.5. The summed E-state index contributed by atoms with van der Waals surface area (Å²) in [5.74, 6) is -2.42. The lowest BCUT2D eigenvalue weighted by Crippen LogP contribution is -2.44. The second kappa shape index (κ2) is 10.2. The zero-order chi connectivity index (χ0) is 27.8. The molecule has 1 aliphatic rings. The van der Waals surface area contributed by atoms with E-state index in [0.29, 0.717) is 5.69 Å². The Balaban J connectivity index is 1.74. The number of rotatable bonds is 7. The van der Waals surface area contributed by atoms with Crippen molar-refractivity contribution in [3.8, 4) is 28.7 Å². The number of nitrogens with one attached hydrogen (secondary N) is 2. The van der Waals surface area contributed by atoms with Crippen LogP contribution in [0.1, 0.15) is 20.8 Å². The topological polar surface area (TPSA) is 123 Å². The Labute approximate surface area is 215 Å².